The fourth-order valence-electron chi connectivity index (χ4n) is 1.48. The molecule has 90 valence electrons. The van der Waals surface area contributed by atoms with E-state index in [0.717, 1.165) is 9.88 Å². The number of thiophene rings is 1. The zero-order chi connectivity index (χ0) is 12.5. The number of carbonyl (C=O) groups is 1. The minimum Gasteiger partial charge on any atom is -0.478 e. The molecule has 1 N–H and O–H groups in total. The molecule has 3 rings (SSSR count). The second kappa shape index (κ2) is 4.40. The van der Waals surface area contributed by atoms with Gasteiger partial charge in [-0.05, 0) is 11.4 Å². The molecule has 0 bridgehead atoms. The van der Waals surface area contributed by atoms with Crippen LogP contribution in [0.2, 0.25) is 0 Å². The number of aromatic carboxylic acids is 1. The molecule has 0 atom stereocenters. The molecule has 0 spiro atoms. The van der Waals surface area contributed by atoms with Crippen molar-refractivity contribution in [2.75, 3.05) is 0 Å². The van der Waals surface area contributed by atoms with E-state index in [1.54, 1.807) is 11.3 Å². The van der Waals surface area contributed by atoms with Gasteiger partial charge in [0.15, 0.2) is 5.76 Å². The smallest absolute Gasteiger partial charge is 0.338 e. The normalized spacial score (nSPS) is 10.7. The SMILES string of the molecule is O=C(O)c1coc(-c2csc(-c3cccs3)n2)c1. The Morgan fingerprint density at radius 3 is 2.94 bits per heavy atom. The second-order valence-electron chi connectivity index (χ2n) is 3.52. The molecule has 0 aromatic carbocycles. The standard InChI is InChI=1S/C12H7NO3S2/c14-12(15)7-4-9(16-5-7)8-6-18-11(13-8)10-2-1-3-17-10/h1-6H,(H,14,15). The van der Waals surface area contributed by atoms with Gasteiger partial charge in [0, 0.05) is 11.4 Å². The van der Waals surface area contributed by atoms with Crippen molar-refractivity contribution in [2.24, 2.45) is 0 Å². The summed E-state index contributed by atoms with van der Waals surface area (Å²) < 4.78 is 5.21. The molecule has 0 unspecified atom stereocenters. The van der Waals surface area contributed by atoms with Gasteiger partial charge in [-0.3, -0.25) is 0 Å². The van der Waals surface area contributed by atoms with E-state index in [4.69, 9.17) is 9.52 Å². The summed E-state index contributed by atoms with van der Waals surface area (Å²) in [6.45, 7) is 0. The number of aromatic nitrogens is 1. The number of furan rings is 1. The van der Waals surface area contributed by atoms with E-state index in [0.29, 0.717) is 11.5 Å². The molecule has 0 saturated carbocycles. The first-order valence-electron chi connectivity index (χ1n) is 5.05. The minimum atomic E-state index is -1.00. The summed E-state index contributed by atoms with van der Waals surface area (Å²) in [6.07, 6.45) is 1.22. The number of rotatable bonds is 3. The van der Waals surface area contributed by atoms with Crippen LogP contribution in [0.5, 0.6) is 0 Å². The second-order valence-corrected chi connectivity index (χ2v) is 5.33. The molecule has 6 heteroatoms. The van der Waals surface area contributed by atoms with Gasteiger partial charge in [0.1, 0.15) is 17.0 Å². The molecule has 0 radical (unpaired) electrons. The molecule has 0 aliphatic heterocycles. The lowest BCUT2D eigenvalue weighted by Crippen LogP contribution is -1.91. The van der Waals surface area contributed by atoms with Crippen molar-refractivity contribution in [2.45, 2.75) is 0 Å². The lowest BCUT2D eigenvalue weighted by Gasteiger charge is -1.88. The van der Waals surface area contributed by atoms with Crippen LogP contribution in [-0.4, -0.2) is 16.1 Å². The monoisotopic (exact) mass is 277 g/mol. The molecule has 3 aromatic heterocycles. The van der Waals surface area contributed by atoms with Gasteiger partial charge in [-0.2, -0.15) is 0 Å². The molecule has 0 aliphatic rings. The van der Waals surface area contributed by atoms with Crippen LogP contribution in [-0.2, 0) is 0 Å². The van der Waals surface area contributed by atoms with Crippen molar-refractivity contribution in [3.63, 3.8) is 0 Å². The van der Waals surface area contributed by atoms with Crippen LogP contribution in [0.4, 0.5) is 0 Å². The number of nitrogens with zero attached hydrogens (tertiary/aromatic N) is 1. The van der Waals surface area contributed by atoms with Crippen LogP contribution in [0.25, 0.3) is 21.3 Å². The molecule has 18 heavy (non-hydrogen) atoms. The summed E-state index contributed by atoms with van der Waals surface area (Å²) in [7, 11) is 0. The summed E-state index contributed by atoms with van der Waals surface area (Å²) >= 11 is 3.13. The zero-order valence-corrected chi connectivity index (χ0v) is 10.6. The summed E-state index contributed by atoms with van der Waals surface area (Å²) in [5.41, 5.74) is 0.798. The van der Waals surface area contributed by atoms with E-state index in [-0.39, 0.29) is 5.56 Å². The summed E-state index contributed by atoms with van der Waals surface area (Å²) in [5, 5.41) is 13.6. The number of carboxylic acids is 1. The molecular weight excluding hydrogens is 270 g/mol. The molecule has 3 heterocycles. The minimum absolute atomic E-state index is 0.135. The van der Waals surface area contributed by atoms with E-state index in [1.807, 2.05) is 22.9 Å². The Morgan fingerprint density at radius 2 is 2.28 bits per heavy atom. The molecule has 0 fully saturated rings. The Labute approximate surface area is 110 Å². The third-order valence-electron chi connectivity index (χ3n) is 2.34. The van der Waals surface area contributed by atoms with Crippen LogP contribution in [0.3, 0.4) is 0 Å². The predicted molar refractivity (Wildman–Crippen MR) is 70.1 cm³/mol. The van der Waals surface area contributed by atoms with Gasteiger partial charge < -0.3 is 9.52 Å². The van der Waals surface area contributed by atoms with Gasteiger partial charge in [-0.1, -0.05) is 6.07 Å². The van der Waals surface area contributed by atoms with Crippen LogP contribution in [0, 0.1) is 0 Å². The van der Waals surface area contributed by atoms with E-state index in [1.165, 1.54) is 23.7 Å². The average molecular weight is 277 g/mol. The van der Waals surface area contributed by atoms with E-state index in [9.17, 15) is 4.79 Å². The summed E-state index contributed by atoms with van der Waals surface area (Å²) in [6, 6.07) is 5.45. The first kappa shape index (κ1) is 11.2. The van der Waals surface area contributed by atoms with Gasteiger partial charge in [-0.15, -0.1) is 22.7 Å². The quantitative estimate of drug-likeness (QED) is 0.790. The van der Waals surface area contributed by atoms with Crippen molar-refractivity contribution in [1.29, 1.82) is 0 Å². The highest BCUT2D eigenvalue weighted by molar-refractivity contribution is 7.20. The summed E-state index contributed by atoms with van der Waals surface area (Å²) in [4.78, 5) is 16.3. The first-order valence-corrected chi connectivity index (χ1v) is 6.81. The topological polar surface area (TPSA) is 63.3 Å². The molecule has 0 amide bonds. The zero-order valence-electron chi connectivity index (χ0n) is 8.99. The highest BCUT2D eigenvalue weighted by Crippen LogP contribution is 2.32. The van der Waals surface area contributed by atoms with Gasteiger partial charge in [-0.25, -0.2) is 9.78 Å². The van der Waals surface area contributed by atoms with Crippen LogP contribution >= 0.6 is 22.7 Å². The van der Waals surface area contributed by atoms with Crippen molar-refractivity contribution >= 4 is 28.6 Å². The maximum Gasteiger partial charge on any atom is 0.338 e. The van der Waals surface area contributed by atoms with Gasteiger partial charge in [0.2, 0.25) is 0 Å². The van der Waals surface area contributed by atoms with Crippen molar-refractivity contribution < 1.29 is 14.3 Å². The van der Waals surface area contributed by atoms with E-state index in [2.05, 4.69) is 4.98 Å². The highest BCUT2D eigenvalue weighted by atomic mass is 32.1. The molecule has 4 nitrogen and oxygen atoms in total. The van der Waals surface area contributed by atoms with Crippen molar-refractivity contribution in [1.82, 2.24) is 4.98 Å². The molecule has 0 saturated heterocycles. The fraction of sp³-hybridized carbons (Fsp3) is 0. The van der Waals surface area contributed by atoms with E-state index >= 15 is 0 Å². The van der Waals surface area contributed by atoms with Gasteiger partial charge in [0.25, 0.3) is 0 Å². The highest BCUT2D eigenvalue weighted by Gasteiger charge is 2.13. The number of thiazole rings is 1. The van der Waals surface area contributed by atoms with Crippen molar-refractivity contribution in [3.05, 3.63) is 40.8 Å². The van der Waals surface area contributed by atoms with E-state index < -0.39 is 5.97 Å². The lowest BCUT2D eigenvalue weighted by atomic mass is 10.3. The third-order valence-corrected chi connectivity index (χ3v) is 4.22. The maximum atomic E-state index is 10.8. The van der Waals surface area contributed by atoms with Crippen LogP contribution < -0.4 is 0 Å². The molecule has 0 aliphatic carbocycles. The largest absolute Gasteiger partial charge is 0.478 e. The maximum absolute atomic E-state index is 10.8. The Hall–Kier alpha value is -1.92. The molecular formula is C12H7NO3S2. The van der Waals surface area contributed by atoms with Gasteiger partial charge in [0.05, 0.1) is 10.4 Å². The number of carboxylic acid groups (broad SMARTS) is 1. The van der Waals surface area contributed by atoms with Crippen LogP contribution in [0.1, 0.15) is 10.4 Å². The lowest BCUT2D eigenvalue weighted by molar-refractivity contribution is 0.0696. The molecule has 3 aromatic rings. The van der Waals surface area contributed by atoms with Crippen LogP contribution in [0.15, 0.2) is 39.6 Å². The van der Waals surface area contributed by atoms with Crippen molar-refractivity contribution in [3.8, 4) is 21.3 Å². The van der Waals surface area contributed by atoms with Gasteiger partial charge >= 0.3 is 5.97 Å². The fourth-order valence-corrected chi connectivity index (χ4v) is 3.11. The Kier molecular flexibility index (Phi) is 2.73. The number of hydrogen-bond acceptors (Lipinski definition) is 5. The number of hydrogen-bond donors (Lipinski definition) is 1. The average Bonchev–Trinajstić information content (AvgIpc) is 3.10. The predicted octanol–water partition coefficient (Wildman–Crippen LogP) is 3.83. The first-order chi connectivity index (χ1) is 8.74. The Morgan fingerprint density at radius 1 is 1.39 bits per heavy atom. The third kappa shape index (κ3) is 1.96. The Balaban J connectivity index is 1.95. The summed E-state index contributed by atoms with van der Waals surface area (Å²) in [5.74, 6) is -0.523. The Bertz CT molecular complexity index is 682.